The molecule has 0 saturated heterocycles. The Morgan fingerprint density at radius 3 is 2.20 bits per heavy atom. The largest absolute Gasteiger partial charge is 0.480 e. The van der Waals surface area contributed by atoms with Gasteiger partial charge in [0.1, 0.15) is 5.54 Å². The lowest BCUT2D eigenvalue weighted by atomic mass is 9.81. The number of nitro groups is 1. The Bertz CT molecular complexity index is 1130. The number of carboxylic acids is 1. The molecule has 0 spiro atoms. The lowest BCUT2D eigenvalue weighted by Crippen LogP contribution is -2.56. The second-order valence-corrected chi connectivity index (χ2v) is 13.5. The average molecular weight is 522 g/mol. The highest BCUT2D eigenvalue weighted by molar-refractivity contribution is 7.89. The van der Waals surface area contributed by atoms with Gasteiger partial charge in [-0.2, -0.15) is 4.72 Å². The molecule has 35 heavy (non-hydrogen) atoms. The number of nitrogens with zero attached hydrogens (tertiary/aromatic N) is 1. The van der Waals surface area contributed by atoms with Gasteiger partial charge in [-0.3, -0.25) is 14.9 Å². The number of benzene rings is 2. The minimum Gasteiger partial charge on any atom is -0.480 e. The Morgan fingerprint density at radius 2 is 1.69 bits per heavy atom. The maximum atomic E-state index is 13.4. The summed E-state index contributed by atoms with van der Waals surface area (Å²) in [6.07, 6.45) is -0.251. The number of para-hydroxylation sites is 1. The van der Waals surface area contributed by atoms with E-state index in [1.807, 2.05) is 33.9 Å². The molecule has 2 atom stereocenters. The van der Waals surface area contributed by atoms with Crippen molar-refractivity contribution in [3.05, 3.63) is 70.3 Å². The van der Waals surface area contributed by atoms with E-state index in [0.29, 0.717) is 5.56 Å². The Kier molecular flexibility index (Phi) is 9.34. The van der Waals surface area contributed by atoms with Crippen molar-refractivity contribution in [1.29, 1.82) is 0 Å². The molecule has 0 fully saturated rings. The van der Waals surface area contributed by atoms with E-state index in [4.69, 9.17) is 4.43 Å². The first-order valence-corrected chi connectivity index (χ1v) is 15.1. The molecule has 2 N–H and O–H groups in total. The van der Waals surface area contributed by atoms with Gasteiger partial charge in [-0.05, 0) is 43.0 Å². The van der Waals surface area contributed by atoms with Gasteiger partial charge in [-0.1, -0.05) is 63.2 Å². The molecule has 0 bridgehead atoms. The second-order valence-electron chi connectivity index (χ2n) is 9.80. The highest BCUT2D eigenvalue weighted by atomic mass is 32.2. The number of nitro benzene ring substituents is 1. The molecule has 2 aromatic rings. The lowest BCUT2D eigenvalue weighted by molar-refractivity contribution is -0.387. The van der Waals surface area contributed by atoms with Crippen LogP contribution in [-0.4, -0.2) is 45.1 Å². The van der Waals surface area contributed by atoms with Crippen molar-refractivity contribution in [3.63, 3.8) is 0 Å². The molecule has 0 saturated carbocycles. The third-order valence-corrected chi connectivity index (χ3v) is 7.96. The van der Waals surface area contributed by atoms with E-state index in [1.165, 1.54) is 12.1 Å². The molecule has 0 aliphatic heterocycles. The SMILES string of the molecule is C[Si](C)OC(CC[C@](Cc1ccccc1)(NS(=O)(=O)c1ccccc1[N+](=O)[O-])C(=O)O)C(C)(C)C. The number of rotatable bonds is 12. The van der Waals surface area contributed by atoms with E-state index in [2.05, 4.69) is 4.72 Å². The first-order valence-electron chi connectivity index (χ1n) is 11.2. The zero-order valence-corrected chi connectivity index (χ0v) is 22.5. The topological polar surface area (TPSA) is 136 Å². The number of carbonyl (C=O) groups is 1. The summed E-state index contributed by atoms with van der Waals surface area (Å²) in [7, 11) is -5.69. The number of sulfonamides is 1. The zero-order valence-electron chi connectivity index (χ0n) is 20.6. The summed E-state index contributed by atoms with van der Waals surface area (Å²) in [4.78, 5) is 22.8. The zero-order chi connectivity index (χ0) is 26.4. The Morgan fingerprint density at radius 1 is 1.11 bits per heavy atom. The smallest absolute Gasteiger partial charge is 0.325 e. The average Bonchev–Trinajstić information content (AvgIpc) is 2.75. The summed E-state index contributed by atoms with van der Waals surface area (Å²) < 4.78 is 35.3. The Balaban J connectivity index is 2.56. The van der Waals surface area contributed by atoms with Gasteiger partial charge < -0.3 is 9.53 Å². The summed E-state index contributed by atoms with van der Waals surface area (Å²) in [5, 5.41) is 21.8. The van der Waals surface area contributed by atoms with Gasteiger partial charge in [0.05, 0.1) is 4.92 Å². The molecule has 191 valence electrons. The van der Waals surface area contributed by atoms with Gasteiger partial charge in [0.2, 0.25) is 19.1 Å². The number of nitrogens with one attached hydrogen (secondary N) is 1. The van der Waals surface area contributed by atoms with Crippen LogP contribution >= 0.6 is 0 Å². The van der Waals surface area contributed by atoms with Gasteiger partial charge in [0, 0.05) is 18.6 Å². The van der Waals surface area contributed by atoms with Crippen molar-refractivity contribution in [3.8, 4) is 0 Å². The molecule has 0 amide bonds. The number of hydrogen-bond acceptors (Lipinski definition) is 6. The number of carboxylic acid groups (broad SMARTS) is 1. The highest BCUT2D eigenvalue weighted by Crippen LogP contribution is 2.32. The summed E-state index contributed by atoms with van der Waals surface area (Å²) in [5.74, 6) is -1.37. The minimum absolute atomic E-state index is 0.0752. The molecule has 2 rings (SSSR count). The third-order valence-electron chi connectivity index (χ3n) is 5.62. The van der Waals surface area contributed by atoms with Crippen LogP contribution in [0.25, 0.3) is 0 Å². The van der Waals surface area contributed by atoms with Crippen LogP contribution in [0.3, 0.4) is 0 Å². The maximum Gasteiger partial charge on any atom is 0.325 e. The maximum absolute atomic E-state index is 13.4. The monoisotopic (exact) mass is 521 g/mol. The van der Waals surface area contributed by atoms with Crippen LogP contribution in [0.4, 0.5) is 5.69 Å². The minimum atomic E-state index is -4.57. The van der Waals surface area contributed by atoms with Gasteiger partial charge in [0.15, 0.2) is 4.90 Å². The highest BCUT2D eigenvalue weighted by Gasteiger charge is 2.45. The van der Waals surface area contributed by atoms with Gasteiger partial charge >= 0.3 is 5.97 Å². The molecule has 11 heteroatoms. The van der Waals surface area contributed by atoms with E-state index in [0.717, 1.165) is 12.1 Å². The van der Waals surface area contributed by atoms with Crippen molar-refractivity contribution in [2.24, 2.45) is 5.41 Å². The normalized spacial score (nSPS) is 14.9. The van der Waals surface area contributed by atoms with Crippen molar-refractivity contribution < 1.29 is 27.7 Å². The van der Waals surface area contributed by atoms with Gasteiger partial charge in [0.25, 0.3) is 5.69 Å². The van der Waals surface area contributed by atoms with Crippen LogP contribution in [0, 0.1) is 15.5 Å². The van der Waals surface area contributed by atoms with Crippen LogP contribution < -0.4 is 4.72 Å². The first-order chi connectivity index (χ1) is 16.2. The molecule has 2 aromatic carbocycles. The summed E-state index contributed by atoms with van der Waals surface area (Å²) in [6.45, 7) is 9.92. The molecule has 0 aliphatic rings. The van der Waals surface area contributed by atoms with Gasteiger partial charge in [-0.15, -0.1) is 0 Å². The Hall–Kier alpha value is -2.60. The van der Waals surface area contributed by atoms with E-state index in [-0.39, 0.29) is 30.8 Å². The molecule has 0 aromatic heterocycles. The third kappa shape index (κ3) is 7.69. The number of aliphatic carboxylic acids is 1. The van der Waals surface area contributed by atoms with Crippen molar-refractivity contribution in [1.82, 2.24) is 4.72 Å². The quantitative estimate of drug-likeness (QED) is 0.240. The fourth-order valence-corrected chi connectivity index (χ4v) is 6.43. The fraction of sp³-hybridized carbons (Fsp3) is 0.458. The predicted octanol–water partition coefficient (Wildman–Crippen LogP) is 4.40. The van der Waals surface area contributed by atoms with Crippen LogP contribution in [0.5, 0.6) is 0 Å². The predicted molar refractivity (Wildman–Crippen MR) is 135 cm³/mol. The van der Waals surface area contributed by atoms with Crippen LogP contribution in [0.15, 0.2) is 59.5 Å². The summed E-state index contributed by atoms with van der Waals surface area (Å²) >= 11 is 0. The van der Waals surface area contributed by atoms with E-state index in [1.54, 1.807) is 30.3 Å². The van der Waals surface area contributed by atoms with E-state index < -0.39 is 46.1 Å². The molecule has 1 unspecified atom stereocenters. The molecular weight excluding hydrogens is 488 g/mol. The summed E-state index contributed by atoms with van der Waals surface area (Å²) in [6, 6.07) is 13.6. The molecule has 0 heterocycles. The van der Waals surface area contributed by atoms with Crippen molar-refractivity contribution >= 4 is 30.7 Å². The molecule has 1 radical (unpaired) electrons. The molecule has 9 nitrogen and oxygen atoms in total. The van der Waals surface area contributed by atoms with E-state index >= 15 is 0 Å². The molecular formula is C24H33N2O7SSi. The summed E-state index contributed by atoms with van der Waals surface area (Å²) in [5.41, 5.74) is -2.27. The van der Waals surface area contributed by atoms with Crippen LogP contribution in [0.2, 0.25) is 13.1 Å². The standard InChI is InChI=1S/C24H33N2O7SSi/c1-23(2,3)21(33-35(4)5)15-16-24(22(27)28,17-18-11-7-6-8-12-18)25-34(31,32)20-14-10-9-13-19(20)26(29)30/h6-14,21,25H,15-17H2,1-5H3,(H,27,28)/t21?,24-/m1/s1. The second kappa shape index (κ2) is 11.4. The first kappa shape index (κ1) is 28.6. The van der Waals surface area contributed by atoms with E-state index in [9.17, 15) is 28.4 Å². The van der Waals surface area contributed by atoms with Crippen LogP contribution in [-0.2, 0) is 25.7 Å². The van der Waals surface area contributed by atoms with Crippen molar-refractivity contribution in [2.45, 2.75) is 69.7 Å². The van der Waals surface area contributed by atoms with Crippen LogP contribution in [0.1, 0.15) is 39.2 Å². The lowest BCUT2D eigenvalue weighted by Gasteiger charge is -2.36. The fourth-order valence-electron chi connectivity index (χ4n) is 3.82. The van der Waals surface area contributed by atoms with Crippen molar-refractivity contribution in [2.75, 3.05) is 0 Å². The molecule has 0 aliphatic carbocycles. The van der Waals surface area contributed by atoms with Gasteiger partial charge in [-0.25, -0.2) is 8.42 Å². The Labute approximate surface area is 208 Å². The number of hydrogen-bond donors (Lipinski definition) is 2.